The molecule has 1 fully saturated rings. The van der Waals surface area contributed by atoms with Crippen molar-refractivity contribution in [1.29, 1.82) is 0 Å². The molecule has 2 aromatic carbocycles. The first-order valence-electron chi connectivity index (χ1n) is 11.4. The zero-order valence-electron chi connectivity index (χ0n) is 20.2. The van der Waals surface area contributed by atoms with Gasteiger partial charge in [0.05, 0.1) is 50.1 Å². The van der Waals surface area contributed by atoms with E-state index in [9.17, 15) is 4.21 Å². The van der Waals surface area contributed by atoms with E-state index in [1.54, 1.807) is 39.5 Å². The molecule has 10 nitrogen and oxygen atoms in total. The van der Waals surface area contributed by atoms with E-state index in [1.807, 2.05) is 12.1 Å². The Kier molecular flexibility index (Phi) is 8.69. The third-order valence-electron chi connectivity index (χ3n) is 5.72. The third-order valence-corrected chi connectivity index (χ3v) is 6.78. The summed E-state index contributed by atoms with van der Waals surface area (Å²) in [5.41, 5.74) is 1.34. The van der Waals surface area contributed by atoms with Crippen LogP contribution in [0, 0.1) is 0 Å². The number of aromatic nitrogens is 2. The summed E-state index contributed by atoms with van der Waals surface area (Å²) in [6.45, 7) is 5.00. The molecule has 0 aliphatic carbocycles. The molecule has 0 saturated carbocycles. The fraction of sp³-hybridized carbons (Fsp3) is 0.417. The Labute approximate surface area is 207 Å². The summed E-state index contributed by atoms with van der Waals surface area (Å²) in [4.78, 5) is 11.8. The second-order valence-electron chi connectivity index (χ2n) is 7.86. The van der Waals surface area contributed by atoms with Gasteiger partial charge in [0.2, 0.25) is 0 Å². The second-order valence-corrected chi connectivity index (χ2v) is 9.28. The summed E-state index contributed by atoms with van der Waals surface area (Å²) < 4.78 is 37.5. The largest absolute Gasteiger partial charge is 0.495 e. The Hall–Kier alpha value is -2.99. The van der Waals surface area contributed by atoms with Crippen molar-refractivity contribution in [3.63, 3.8) is 0 Å². The zero-order valence-corrected chi connectivity index (χ0v) is 21.0. The van der Waals surface area contributed by atoms with E-state index in [0.29, 0.717) is 45.8 Å². The molecule has 2 N–H and O–H groups in total. The van der Waals surface area contributed by atoms with E-state index in [-0.39, 0.29) is 0 Å². The van der Waals surface area contributed by atoms with Crippen LogP contribution in [0.1, 0.15) is 6.42 Å². The molecule has 1 aromatic heterocycles. The molecule has 1 saturated heterocycles. The Morgan fingerprint density at radius 2 is 1.86 bits per heavy atom. The van der Waals surface area contributed by atoms with E-state index in [2.05, 4.69) is 24.9 Å². The van der Waals surface area contributed by atoms with Gasteiger partial charge in [0.1, 0.15) is 28.9 Å². The lowest BCUT2D eigenvalue weighted by molar-refractivity contribution is 0.0357. The third kappa shape index (κ3) is 6.17. The van der Waals surface area contributed by atoms with E-state index in [0.717, 1.165) is 44.7 Å². The van der Waals surface area contributed by atoms with Crippen molar-refractivity contribution in [2.75, 3.05) is 66.0 Å². The van der Waals surface area contributed by atoms with Crippen LogP contribution in [0.2, 0.25) is 0 Å². The lowest BCUT2D eigenvalue weighted by Crippen LogP contribution is -2.37. The number of nitrogens with zero attached hydrogens (tertiary/aromatic N) is 3. The molecule has 1 aliphatic heterocycles. The van der Waals surface area contributed by atoms with Gasteiger partial charge in [-0.15, -0.1) is 0 Å². The first kappa shape index (κ1) is 25.1. The van der Waals surface area contributed by atoms with Gasteiger partial charge < -0.3 is 24.3 Å². The maximum absolute atomic E-state index is 12.2. The Morgan fingerprint density at radius 1 is 1.06 bits per heavy atom. The fourth-order valence-corrected chi connectivity index (χ4v) is 4.53. The van der Waals surface area contributed by atoms with Crippen molar-refractivity contribution in [1.82, 2.24) is 19.6 Å². The molecular formula is C24H31N5O5S. The van der Waals surface area contributed by atoms with Crippen LogP contribution < -0.4 is 24.2 Å². The highest BCUT2D eigenvalue weighted by atomic mass is 32.2. The number of rotatable bonds is 11. The number of fused-ring (bicyclic) bond motifs is 1. The number of anilines is 2. The van der Waals surface area contributed by atoms with E-state index in [1.165, 1.54) is 6.33 Å². The quantitative estimate of drug-likeness (QED) is 0.384. The zero-order chi connectivity index (χ0) is 24.6. The summed E-state index contributed by atoms with van der Waals surface area (Å²) in [6, 6.07) is 9.01. The summed E-state index contributed by atoms with van der Waals surface area (Å²) in [5.74, 6) is 2.40. The minimum atomic E-state index is -1.34. The molecular weight excluding hydrogens is 470 g/mol. The Bertz CT molecular complexity index is 1170. The molecule has 11 heteroatoms. The van der Waals surface area contributed by atoms with Crippen molar-refractivity contribution in [2.45, 2.75) is 11.3 Å². The lowest BCUT2D eigenvalue weighted by atomic mass is 10.2. The average molecular weight is 502 g/mol. The molecule has 1 atom stereocenters. The fourth-order valence-electron chi connectivity index (χ4n) is 3.88. The van der Waals surface area contributed by atoms with E-state index >= 15 is 0 Å². The molecule has 0 amide bonds. The van der Waals surface area contributed by atoms with Gasteiger partial charge in [-0.3, -0.25) is 4.90 Å². The van der Waals surface area contributed by atoms with Gasteiger partial charge in [0.25, 0.3) is 0 Å². The van der Waals surface area contributed by atoms with Crippen LogP contribution in [-0.2, 0) is 15.7 Å². The van der Waals surface area contributed by atoms with Crippen LogP contribution in [0.25, 0.3) is 10.9 Å². The highest BCUT2D eigenvalue weighted by Gasteiger charge is 2.15. The van der Waals surface area contributed by atoms with Crippen LogP contribution in [0.5, 0.6) is 17.2 Å². The smallest absolute Gasteiger partial charge is 0.162 e. The van der Waals surface area contributed by atoms with Gasteiger partial charge in [-0.1, -0.05) is 0 Å². The molecule has 2 heterocycles. The normalized spacial score (nSPS) is 15.1. The molecule has 1 aliphatic rings. The van der Waals surface area contributed by atoms with Crippen LogP contribution in [0.4, 0.5) is 11.5 Å². The number of methoxy groups -OCH3 is 2. The molecule has 1 unspecified atom stereocenters. The van der Waals surface area contributed by atoms with E-state index < -0.39 is 11.0 Å². The first-order chi connectivity index (χ1) is 17.1. The van der Waals surface area contributed by atoms with Crippen LogP contribution in [0.15, 0.2) is 41.6 Å². The molecule has 188 valence electrons. The standard InChI is InChI=1S/C24H31N5O5S/c1-25-35(30)17-5-6-21(31-2)20(13-17)28-24-18-14-23(22(32-3)15-19(18)26-16-27-24)34-10-4-7-29-8-11-33-12-9-29/h5-6,13-16,25H,4,7-12H2,1-3H3,(H,26,27,28). The van der Waals surface area contributed by atoms with Gasteiger partial charge in [0, 0.05) is 31.1 Å². The monoisotopic (exact) mass is 501 g/mol. The van der Waals surface area contributed by atoms with Gasteiger partial charge in [-0.2, -0.15) is 0 Å². The molecule has 4 rings (SSSR count). The Balaban J connectivity index is 1.57. The van der Waals surface area contributed by atoms with Gasteiger partial charge in [-0.05, 0) is 37.7 Å². The summed E-state index contributed by atoms with van der Waals surface area (Å²) >= 11 is 0. The summed E-state index contributed by atoms with van der Waals surface area (Å²) in [5, 5.41) is 4.07. The molecule has 0 radical (unpaired) electrons. The predicted octanol–water partition coefficient (Wildman–Crippen LogP) is 2.73. The Morgan fingerprint density at radius 3 is 2.60 bits per heavy atom. The van der Waals surface area contributed by atoms with Crippen molar-refractivity contribution in [2.24, 2.45) is 0 Å². The highest BCUT2D eigenvalue weighted by molar-refractivity contribution is 7.83. The SMILES string of the molecule is CNS(=O)c1ccc(OC)c(Nc2ncnc3cc(OC)c(OCCCN4CCOCC4)cc23)c1. The van der Waals surface area contributed by atoms with Gasteiger partial charge >= 0.3 is 0 Å². The van der Waals surface area contributed by atoms with Crippen LogP contribution in [0.3, 0.4) is 0 Å². The molecule has 0 spiro atoms. The van der Waals surface area contributed by atoms with E-state index in [4.69, 9.17) is 18.9 Å². The van der Waals surface area contributed by atoms with Crippen LogP contribution in [-0.4, -0.2) is 79.8 Å². The molecule has 0 bridgehead atoms. The van der Waals surface area contributed by atoms with Crippen molar-refractivity contribution in [3.05, 3.63) is 36.7 Å². The number of hydrogen-bond donors (Lipinski definition) is 2. The number of ether oxygens (including phenoxy) is 4. The maximum Gasteiger partial charge on any atom is 0.162 e. The average Bonchev–Trinajstić information content (AvgIpc) is 2.91. The number of benzene rings is 2. The predicted molar refractivity (Wildman–Crippen MR) is 135 cm³/mol. The molecule has 3 aromatic rings. The summed E-state index contributed by atoms with van der Waals surface area (Å²) in [7, 11) is 3.50. The number of hydrogen-bond acceptors (Lipinski definition) is 9. The van der Waals surface area contributed by atoms with Crippen molar-refractivity contribution < 1.29 is 23.2 Å². The van der Waals surface area contributed by atoms with Crippen molar-refractivity contribution in [3.8, 4) is 17.2 Å². The van der Waals surface area contributed by atoms with Gasteiger partial charge in [-0.25, -0.2) is 18.9 Å². The second kappa shape index (κ2) is 12.1. The number of morpholine rings is 1. The minimum absolute atomic E-state index is 0.557. The molecule has 35 heavy (non-hydrogen) atoms. The lowest BCUT2D eigenvalue weighted by Gasteiger charge is -2.26. The topological polar surface area (TPSA) is 107 Å². The highest BCUT2D eigenvalue weighted by Crippen LogP contribution is 2.36. The summed E-state index contributed by atoms with van der Waals surface area (Å²) in [6.07, 6.45) is 2.37. The minimum Gasteiger partial charge on any atom is -0.495 e. The maximum atomic E-state index is 12.2. The first-order valence-corrected chi connectivity index (χ1v) is 12.6. The number of nitrogens with one attached hydrogen (secondary N) is 2. The van der Waals surface area contributed by atoms with Crippen LogP contribution >= 0.6 is 0 Å². The van der Waals surface area contributed by atoms with Gasteiger partial charge in [0.15, 0.2) is 11.5 Å². The van der Waals surface area contributed by atoms with Crippen molar-refractivity contribution >= 4 is 33.4 Å².